The number of carbonyl (C=O) groups is 2. The zero-order valence-electron chi connectivity index (χ0n) is 25.9. The number of hydrogen-bond donors (Lipinski definition) is 0. The van der Waals surface area contributed by atoms with E-state index >= 15 is 0 Å². The van der Waals surface area contributed by atoms with Gasteiger partial charge in [0.2, 0.25) is 5.60 Å². The van der Waals surface area contributed by atoms with Gasteiger partial charge in [-0.25, -0.2) is 16.8 Å². The lowest BCUT2D eigenvalue weighted by atomic mass is 9.98. The number of hydrogen-bond acceptors (Lipinski definition) is 9. The Balaban J connectivity index is 1.97. The largest absolute Gasteiger partial charge is 0.486 e. The SMILES string of the molecule is CCn1cc(S(=O)(=O)N2C[C@H](C[C@H](C)C(=O)CS(=O)(=O)C(C)(C)C)Oc3ccc(CC(=O)OC(C)(C)C(F)(F)F)cc32)c(Cl)n1. The van der Waals surface area contributed by atoms with Crippen molar-refractivity contribution in [2.45, 2.75) is 95.4 Å². The molecule has 1 aliphatic rings. The number of aromatic nitrogens is 2. The Morgan fingerprint density at radius 1 is 1.13 bits per heavy atom. The van der Waals surface area contributed by atoms with Gasteiger partial charge in [-0.3, -0.25) is 18.6 Å². The van der Waals surface area contributed by atoms with Gasteiger partial charge in [0.25, 0.3) is 10.0 Å². The summed E-state index contributed by atoms with van der Waals surface area (Å²) in [7, 11) is -8.20. The molecule has 0 N–H and O–H groups in total. The van der Waals surface area contributed by atoms with E-state index in [1.54, 1.807) is 6.92 Å². The Kier molecular flexibility index (Phi) is 10.4. The zero-order valence-corrected chi connectivity index (χ0v) is 28.3. The lowest BCUT2D eigenvalue weighted by molar-refractivity contribution is -0.257. The first-order chi connectivity index (χ1) is 20.4. The second-order valence-corrected chi connectivity index (χ2v) is 17.3. The number of halogens is 4. The highest BCUT2D eigenvalue weighted by molar-refractivity contribution is 7.93. The van der Waals surface area contributed by atoms with Crippen molar-refractivity contribution in [1.29, 1.82) is 0 Å². The molecule has 0 amide bonds. The molecule has 0 aliphatic carbocycles. The second-order valence-electron chi connectivity index (χ2n) is 12.4. The van der Waals surface area contributed by atoms with Crippen molar-refractivity contribution in [2.24, 2.45) is 5.92 Å². The van der Waals surface area contributed by atoms with Crippen molar-refractivity contribution in [1.82, 2.24) is 9.78 Å². The van der Waals surface area contributed by atoms with Crippen LogP contribution in [0.1, 0.15) is 60.5 Å². The molecule has 0 saturated carbocycles. The number of benzene rings is 1. The highest BCUT2D eigenvalue weighted by Crippen LogP contribution is 2.40. The van der Waals surface area contributed by atoms with Gasteiger partial charge in [-0.05, 0) is 65.7 Å². The predicted molar refractivity (Wildman–Crippen MR) is 161 cm³/mol. The van der Waals surface area contributed by atoms with E-state index in [9.17, 15) is 39.6 Å². The number of fused-ring (bicyclic) bond motifs is 1. The number of ketones is 1. The van der Waals surface area contributed by atoms with Gasteiger partial charge in [0.15, 0.2) is 20.8 Å². The van der Waals surface area contributed by atoms with Crippen molar-refractivity contribution < 1.29 is 49.1 Å². The molecule has 17 heteroatoms. The Morgan fingerprint density at radius 2 is 1.76 bits per heavy atom. The third-order valence-corrected chi connectivity index (χ3v) is 12.1. The van der Waals surface area contributed by atoms with Gasteiger partial charge >= 0.3 is 12.1 Å². The van der Waals surface area contributed by atoms with E-state index < -0.39 is 72.3 Å². The van der Waals surface area contributed by atoms with E-state index in [4.69, 9.17) is 16.3 Å². The van der Waals surface area contributed by atoms with E-state index in [1.807, 2.05) is 0 Å². The first-order valence-corrected chi connectivity index (χ1v) is 17.5. The monoisotopic (exact) mass is 699 g/mol. The van der Waals surface area contributed by atoms with Crippen LogP contribution in [0.2, 0.25) is 5.15 Å². The lowest BCUT2D eigenvalue weighted by Gasteiger charge is -2.36. The van der Waals surface area contributed by atoms with Crippen molar-refractivity contribution in [2.75, 3.05) is 16.6 Å². The lowest BCUT2D eigenvalue weighted by Crippen LogP contribution is -2.45. The smallest absolute Gasteiger partial charge is 0.427 e. The number of anilines is 1. The molecule has 0 bridgehead atoms. The minimum absolute atomic E-state index is 0.0266. The number of sulfone groups is 1. The van der Waals surface area contributed by atoms with Crippen LogP contribution in [0.4, 0.5) is 18.9 Å². The maximum absolute atomic E-state index is 14.0. The second kappa shape index (κ2) is 12.7. The third kappa shape index (κ3) is 8.12. The number of alkyl halides is 3. The molecule has 11 nitrogen and oxygen atoms in total. The third-order valence-electron chi connectivity index (χ3n) is 7.36. The molecule has 0 unspecified atom stereocenters. The molecular weight excluding hydrogens is 663 g/mol. The number of nitrogens with zero attached hydrogens (tertiary/aromatic N) is 3. The van der Waals surface area contributed by atoms with Crippen LogP contribution in [0.5, 0.6) is 5.75 Å². The van der Waals surface area contributed by atoms with Crippen LogP contribution in [-0.4, -0.2) is 73.3 Å². The maximum atomic E-state index is 14.0. The molecule has 3 rings (SSSR count). The van der Waals surface area contributed by atoms with Crippen molar-refractivity contribution in [3.63, 3.8) is 0 Å². The first-order valence-electron chi connectivity index (χ1n) is 14.0. The van der Waals surface area contributed by atoms with Crippen LogP contribution >= 0.6 is 11.6 Å². The molecule has 2 aromatic rings. The molecular formula is C28H37ClF3N3O8S2. The minimum Gasteiger partial charge on any atom is -0.486 e. The Hall–Kier alpha value is -2.85. The fourth-order valence-electron chi connectivity index (χ4n) is 4.27. The summed E-state index contributed by atoms with van der Waals surface area (Å²) in [4.78, 5) is 25.0. The van der Waals surface area contributed by atoms with E-state index in [0.717, 1.165) is 4.31 Å². The Bertz CT molecular complexity index is 1670. The number of esters is 1. The highest BCUT2D eigenvalue weighted by Gasteiger charge is 2.50. The first kappa shape index (κ1) is 36.6. The Morgan fingerprint density at radius 3 is 2.29 bits per heavy atom. The fourth-order valence-corrected chi connectivity index (χ4v) is 7.31. The van der Waals surface area contributed by atoms with Crippen LogP contribution in [0.25, 0.3) is 0 Å². The molecule has 2 heterocycles. The molecule has 0 radical (unpaired) electrons. The van der Waals surface area contributed by atoms with E-state index in [0.29, 0.717) is 20.4 Å². The van der Waals surface area contributed by atoms with Crippen LogP contribution < -0.4 is 9.04 Å². The van der Waals surface area contributed by atoms with Gasteiger partial charge in [-0.2, -0.15) is 18.3 Å². The van der Waals surface area contributed by atoms with Crippen LogP contribution in [0, 0.1) is 5.92 Å². The van der Waals surface area contributed by atoms with Crippen LogP contribution in [-0.2, 0) is 47.2 Å². The summed E-state index contributed by atoms with van der Waals surface area (Å²) in [6.45, 7) is 9.12. The van der Waals surface area contributed by atoms with Crippen molar-refractivity contribution >= 4 is 48.9 Å². The fraction of sp³-hybridized carbons (Fsp3) is 0.607. The molecule has 0 fully saturated rings. The van der Waals surface area contributed by atoms with Crippen molar-refractivity contribution in [3.8, 4) is 5.75 Å². The number of carbonyl (C=O) groups excluding carboxylic acids is 2. The molecule has 0 spiro atoms. The molecule has 0 saturated heterocycles. The summed E-state index contributed by atoms with van der Waals surface area (Å²) in [6, 6.07) is 4.02. The number of ether oxygens (including phenoxy) is 2. The van der Waals surface area contributed by atoms with Gasteiger partial charge in [0.1, 0.15) is 22.5 Å². The Labute approximate surface area is 266 Å². The van der Waals surface area contributed by atoms with Crippen LogP contribution in [0.3, 0.4) is 0 Å². The summed E-state index contributed by atoms with van der Waals surface area (Å²) in [5.41, 5.74) is -2.63. The number of sulfonamides is 1. The predicted octanol–water partition coefficient (Wildman–Crippen LogP) is 4.75. The number of rotatable bonds is 11. The van der Waals surface area contributed by atoms with Gasteiger partial charge in [0.05, 0.1) is 23.4 Å². The van der Waals surface area contributed by atoms with Gasteiger partial charge in [-0.1, -0.05) is 24.6 Å². The van der Waals surface area contributed by atoms with Crippen LogP contribution in [0.15, 0.2) is 29.3 Å². The molecule has 1 aromatic heterocycles. The summed E-state index contributed by atoms with van der Waals surface area (Å²) in [5, 5.41) is 3.69. The van der Waals surface area contributed by atoms with Gasteiger partial charge < -0.3 is 9.47 Å². The quantitative estimate of drug-likeness (QED) is 0.304. The number of Topliss-reactive ketones (excluding diaryl/α,β-unsaturated/α-hetero) is 1. The molecule has 2 atom stereocenters. The number of aryl methyl sites for hydroxylation is 1. The average molecular weight is 700 g/mol. The topological polar surface area (TPSA) is 142 Å². The van der Waals surface area contributed by atoms with E-state index in [-0.39, 0.29) is 40.0 Å². The summed E-state index contributed by atoms with van der Waals surface area (Å²) < 4.78 is 105. The van der Waals surface area contributed by atoms with E-state index in [2.05, 4.69) is 9.84 Å². The summed E-state index contributed by atoms with van der Waals surface area (Å²) in [6.07, 6.45) is -5.12. The summed E-state index contributed by atoms with van der Waals surface area (Å²) >= 11 is 6.19. The van der Waals surface area contributed by atoms with Gasteiger partial charge in [-0.15, -0.1) is 0 Å². The highest BCUT2D eigenvalue weighted by atomic mass is 35.5. The zero-order chi connectivity index (χ0) is 34.3. The molecule has 45 heavy (non-hydrogen) atoms. The molecule has 1 aromatic carbocycles. The maximum Gasteiger partial charge on any atom is 0.427 e. The normalized spacial score (nSPS) is 17.0. The summed E-state index contributed by atoms with van der Waals surface area (Å²) in [5.74, 6) is -3.22. The standard InChI is InChI=1S/C28H37ClF3N3O8S2/c1-8-34-15-23(25(29)33-34)45(40,41)35-14-19(11-17(2)21(36)16-44(38,39)26(3,4)5)42-22-10-9-18(12-20(22)35)13-24(37)43-27(6,7)28(30,31)32/h9-10,12,15,17,19H,8,11,13-14,16H2,1-7H3/t17-,19-/m0/s1. The van der Waals surface area contributed by atoms with E-state index in [1.165, 1.54) is 56.8 Å². The van der Waals surface area contributed by atoms with Gasteiger partial charge in [0, 0.05) is 18.7 Å². The average Bonchev–Trinajstić information content (AvgIpc) is 3.28. The molecule has 252 valence electrons. The van der Waals surface area contributed by atoms with Crippen molar-refractivity contribution in [3.05, 3.63) is 35.1 Å². The minimum atomic E-state index is -4.82. The molecule has 1 aliphatic heterocycles.